The van der Waals surface area contributed by atoms with Crippen LogP contribution >= 0.6 is 0 Å². The Morgan fingerprint density at radius 2 is 1.86 bits per heavy atom. The molecule has 1 aromatic carbocycles. The van der Waals surface area contributed by atoms with Crippen molar-refractivity contribution in [2.24, 2.45) is 0 Å². The second-order valence-corrected chi connectivity index (χ2v) is 6.99. The molecule has 3 aromatic rings. The van der Waals surface area contributed by atoms with Gasteiger partial charge < -0.3 is 19.2 Å². The van der Waals surface area contributed by atoms with Crippen molar-refractivity contribution in [1.82, 2.24) is 9.72 Å². The van der Waals surface area contributed by atoms with Crippen molar-refractivity contribution in [2.45, 2.75) is 26.4 Å². The van der Waals surface area contributed by atoms with Crippen molar-refractivity contribution >= 4 is 17.2 Å². The minimum absolute atomic E-state index is 0.145. The summed E-state index contributed by atoms with van der Waals surface area (Å²) in [6, 6.07) is 15.0. The number of methoxy groups -OCH3 is 1. The molecular formula is C23H26N2O4. The summed E-state index contributed by atoms with van der Waals surface area (Å²) in [4.78, 5) is 25.6. The number of carbonyl (C=O) groups excluding carboxylic acids is 2. The molecule has 0 fully saturated rings. The molecule has 1 N–H and O–H groups in total. The fourth-order valence-corrected chi connectivity index (χ4v) is 3.13. The van der Waals surface area contributed by atoms with Crippen molar-refractivity contribution < 1.29 is 19.1 Å². The fraction of sp³-hybridized carbons (Fsp3) is 0.304. The number of benzene rings is 1. The van der Waals surface area contributed by atoms with E-state index in [1.807, 2.05) is 62.4 Å². The van der Waals surface area contributed by atoms with Gasteiger partial charge in [0.05, 0.1) is 13.2 Å². The summed E-state index contributed by atoms with van der Waals surface area (Å²) in [7, 11) is 1.60. The number of aromatic nitrogens is 1. The average Bonchev–Trinajstić information content (AvgIpc) is 3.12. The van der Waals surface area contributed by atoms with Gasteiger partial charge in [0.2, 0.25) is 0 Å². The van der Waals surface area contributed by atoms with Gasteiger partial charge in [-0.2, -0.15) is 0 Å². The van der Waals surface area contributed by atoms with Gasteiger partial charge in [0.1, 0.15) is 11.4 Å². The molecule has 0 spiro atoms. The van der Waals surface area contributed by atoms with Gasteiger partial charge in [-0.15, -0.1) is 0 Å². The highest BCUT2D eigenvalue weighted by atomic mass is 16.5. The number of pyridine rings is 1. The molecule has 0 aliphatic heterocycles. The van der Waals surface area contributed by atoms with Gasteiger partial charge in [-0.1, -0.05) is 18.2 Å². The smallest absolute Gasteiger partial charge is 0.294 e. The summed E-state index contributed by atoms with van der Waals surface area (Å²) in [5.74, 6) is -0.452. The first-order valence-electron chi connectivity index (χ1n) is 9.70. The number of Topliss-reactive ketones (excluding diaryl/α,β-unsaturated/α-hetero) is 1. The predicted octanol–water partition coefficient (Wildman–Crippen LogP) is 3.73. The van der Waals surface area contributed by atoms with Crippen LogP contribution < -0.4 is 10.1 Å². The number of hydrogen-bond acceptors (Lipinski definition) is 4. The number of nitrogens with zero attached hydrogens (tertiary/aromatic N) is 1. The molecule has 0 bridgehead atoms. The first-order valence-corrected chi connectivity index (χ1v) is 9.70. The second-order valence-electron chi connectivity index (χ2n) is 6.99. The number of ether oxygens (including phenoxy) is 2. The number of amides is 1. The molecule has 0 unspecified atom stereocenters. The number of carbonyl (C=O) groups is 2. The lowest BCUT2D eigenvalue weighted by atomic mass is 10.0. The minimum atomic E-state index is -0.617. The Morgan fingerprint density at radius 3 is 2.55 bits per heavy atom. The third-order valence-electron chi connectivity index (χ3n) is 4.56. The lowest BCUT2D eigenvalue weighted by Gasteiger charge is -2.09. The van der Waals surface area contributed by atoms with Gasteiger partial charge in [-0.25, -0.2) is 0 Å². The van der Waals surface area contributed by atoms with E-state index in [1.165, 1.54) is 0 Å². The highest BCUT2D eigenvalue weighted by Gasteiger charge is 2.24. The maximum atomic E-state index is 13.0. The lowest BCUT2D eigenvalue weighted by Crippen LogP contribution is -2.33. The highest BCUT2D eigenvalue weighted by molar-refractivity contribution is 6.43. The van der Waals surface area contributed by atoms with Crippen molar-refractivity contribution in [2.75, 3.05) is 20.3 Å². The summed E-state index contributed by atoms with van der Waals surface area (Å²) < 4.78 is 12.4. The monoisotopic (exact) mass is 394 g/mol. The maximum Gasteiger partial charge on any atom is 0.294 e. The largest absolute Gasteiger partial charge is 0.497 e. The van der Waals surface area contributed by atoms with E-state index < -0.39 is 11.7 Å². The number of ketones is 1. The number of rotatable bonds is 9. The van der Waals surface area contributed by atoms with Crippen LogP contribution in [0.1, 0.15) is 30.8 Å². The molecule has 29 heavy (non-hydrogen) atoms. The van der Waals surface area contributed by atoms with Crippen LogP contribution in [-0.4, -0.2) is 42.5 Å². The molecule has 2 aromatic heterocycles. The molecule has 152 valence electrons. The Hall–Kier alpha value is -3.12. The van der Waals surface area contributed by atoms with Crippen molar-refractivity contribution in [1.29, 1.82) is 0 Å². The summed E-state index contributed by atoms with van der Waals surface area (Å²) in [5, 5.41) is 2.70. The van der Waals surface area contributed by atoms with E-state index in [0.29, 0.717) is 30.8 Å². The molecule has 3 rings (SSSR count). The molecule has 6 nitrogen and oxygen atoms in total. The molecular weight excluding hydrogens is 368 g/mol. The first kappa shape index (κ1) is 20.6. The zero-order valence-electron chi connectivity index (χ0n) is 17.0. The normalized spacial score (nSPS) is 11.0. The molecule has 0 aliphatic rings. The van der Waals surface area contributed by atoms with Crippen LogP contribution in [-0.2, 0) is 9.53 Å². The van der Waals surface area contributed by atoms with E-state index in [-0.39, 0.29) is 6.10 Å². The Balaban J connectivity index is 1.85. The molecule has 6 heteroatoms. The molecule has 0 atom stereocenters. The van der Waals surface area contributed by atoms with Gasteiger partial charge in [-0.05, 0) is 56.2 Å². The second kappa shape index (κ2) is 9.39. The van der Waals surface area contributed by atoms with Crippen LogP contribution in [0.15, 0.2) is 54.7 Å². The topological polar surface area (TPSA) is 69.0 Å². The van der Waals surface area contributed by atoms with Gasteiger partial charge in [-0.3, -0.25) is 9.59 Å². The van der Waals surface area contributed by atoms with E-state index in [9.17, 15) is 9.59 Å². The summed E-state index contributed by atoms with van der Waals surface area (Å²) in [6.07, 6.45) is 2.59. The van der Waals surface area contributed by atoms with Crippen molar-refractivity contribution in [3.05, 3.63) is 60.4 Å². The van der Waals surface area contributed by atoms with Crippen LogP contribution in [0.25, 0.3) is 16.6 Å². The summed E-state index contributed by atoms with van der Waals surface area (Å²) >= 11 is 0. The van der Waals surface area contributed by atoms with Gasteiger partial charge in [0.25, 0.3) is 11.7 Å². The van der Waals surface area contributed by atoms with Gasteiger partial charge >= 0.3 is 0 Å². The van der Waals surface area contributed by atoms with Crippen LogP contribution in [0.2, 0.25) is 0 Å². The zero-order chi connectivity index (χ0) is 20.8. The van der Waals surface area contributed by atoms with E-state index >= 15 is 0 Å². The fourth-order valence-electron chi connectivity index (χ4n) is 3.13. The quantitative estimate of drug-likeness (QED) is 0.341. The highest BCUT2D eigenvalue weighted by Crippen LogP contribution is 2.29. The average molecular weight is 394 g/mol. The van der Waals surface area contributed by atoms with E-state index in [4.69, 9.17) is 9.47 Å². The first-order chi connectivity index (χ1) is 14.0. The molecule has 2 heterocycles. The Kier molecular flexibility index (Phi) is 6.67. The van der Waals surface area contributed by atoms with Crippen molar-refractivity contribution in [3.8, 4) is 16.9 Å². The summed E-state index contributed by atoms with van der Waals surface area (Å²) in [6.45, 7) is 4.84. The third-order valence-corrected chi connectivity index (χ3v) is 4.56. The Morgan fingerprint density at radius 1 is 1.10 bits per heavy atom. The lowest BCUT2D eigenvalue weighted by molar-refractivity contribution is -0.117. The zero-order valence-corrected chi connectivity index (χ0v) is 17.0. The number of fused-ring (bicyclic) bond motifs is 1. The van der Waals surface area contributed by atoms with E-state index in [2.05, 4.69) is 5.32 Å². The van der Waals surface area contributed by atoms with Crippen LogP contribution in [0.5, 0.6) is 5.75 Å². The molecule has 0 radical (unpaired) electrons. The molecule has 0 saturated carbocycles. The molecule has 0 saturated heterocycles. The van der Waals surface area contributed by atoms with Gasteiger partial charge in [0.15, 0.2) is 0 Å². The summed E-state index contributed by atoms with van der Waals surface area (Å²) in [5.41, 5.74) is 2.75. The van der Waals surface area contributed by atoms with Crippen molar-refractivity contribution in [3.63, 3.8) is 0 Å². The Labute approximate surface area is 170 Å². The number of nitrogens with one attached hydrogen (secondary N) is 1. The van der Waals surface area contributed by atoms with Gasteiger partial charge in [0, 0.05) is 30.4 Å². The van der Waals surface area contributed by atoms with E-state index in [1.54, 1.807) is 17.7 Å². The van der Waals surface area contributed by atoms with Crippen LogP contribution in [0.3, 0.4) is 0 Å². The maximum absolute atomic E-state index is 13.0. The Bertz CT molecular complexity index is 990. The predicted molar refractivity (Wildman–Crippen MR) is 112 cm³/mol. The SMILES string of the molecule is COc1ccc(-c2cc3ccccn3c2C(=O)C(=O)NCCCOC(C)C)cc1. The van der Waals surface area contributed by atoms with Crippen LogP contribution in [0, 0.1) is 0 Å². The standard InChI is InChI=1S/C23H26N2O4/c1-16(2)29-14-6-12-24-23(27)22(26)21-20(15-18-7-4-5-13-25(18)21)17-8-10-19(28-3)11-9-17/h4-5,7-11,13,15-16H,6,12,14H2,1-3H3,(H,24,27). The van der Waals surface area contributed by atoms with E-state index in [0.717, 1.165) is 16.8 Å². The number of hydrogen-bond donors (Lipinski definition) is 1. The minimum Gasteiger partial charge on any atom is -0.497 e. The third kappa shape index (κ3) is 4.84. The van der Waals surface area contributed by atoms with Crippen LogP contribution in [0.4, 0.5) is 0 Å². The molecule has 0 aliphatic carbocycles. The molecule has 1 amide bonds.